The Morgan fingerprint density at radius 1 is 1.08 bits per heavy atom. The van der Waals surface area contributed by atoms with Gasteiger partial charge in [-0.3, -0.25) is 9.59 Å². The molecule has 1 aromatic carbocycles. The van der Waals surface area contributed by atoms with Gasteiger partial charge in [0, 0.05) is 24.3 Å². The molecule has 26 heavy (non-hydrogen) atoms. The van der Waals surface area contributed by atoms with Crippen molar-refractivity contribution in [2.45, 2.75) is 33.4 Å². The van der Waals surface area contributed by atoms with Crippen molar-refractivity contribution in [1.29, 1.82) is 0 Å². The van der Waals surface area contributed by atoms with E-state index >= 15 is 0 Å². The number of rotatable bonds is 9. The maximum Gasteiger partial charge on any atom is 0.406 e. The quantitative estimate of drug-likeness (QED) is 0.621. The lowest BCUT2D eigenvalue weighted by molar-refractivity contribution is -0.153. The van der Waals surface area contributed by atoms with Crippen LogP contribution in [0.15, 0.2) is 24.3 Å². The van der Waals surface area contributed by atoms with E-state index in [1.807, 2.05) is 13.8 Å². The van der Waals surface area contributed by atoms with Gasteiger partial charge in [0.1, 0.15) is 13.1 Å². The Balaban J connectivity index is 2.97. The van der Waals surface area contributed by atoms with Crippen molar-refractivity contribution in [3.63, 3.8) is 0 Å². The maximum absolute atomic E-state index is 12.8. The molecule has 0 saturated heterocycles. The SMILES string of the molecule is CCCN(CC)c1ccc(C(=O)N(CC(=O)OCC)CC(F)(F)F)cc1. The van der Waals surface area contributed by atoms with Gasteiger partial charge in [-0.25, -0.2) is 0 Å². The molecule has 0 bridgehead atoms. The van der Waals surface area contributed by atoms with Crippen LogP contribution in [0.5, 0.6) is 0 Å². The van der Waals surface area contributed by atoms with Crippen molar-refractivity contribution in [2.24, 2.45) is 0 Å². The van der Waals surface area contributed by atoms with Gasteiger partial charge < -0.3 is 14.5 Å². The second-order valence-electron chi connectivity index (χ2n) is 5.71. The second kappa shape index (κ2) is 10.0. The number of hydrogen-bond acceptors (Lipinski definition) is 4. The summed E-state index contributed by atoms with van der Waals surface area (Å²) in [5.74, 6) is -1.73. The van der Waals surface area contributed by atoms with Gasteiger partial charge in [-0.15, -0.1) is 0 Å². The van der Waals surface area contributed by atoms with E-state index in [4.69, 9.17) is 0 Å². The molecule has 0 aliphatic rings. The molecular formula is C18H25F3N2O3. The first-order valence-corrected chi connectivity index (χ1v) is 8.58. The highest BCUT2D eigenvalue weighted by atomic mass is 19.4. The van der Waals surface area contributed by atoms with E-state index in [2.05, 4.69) is 9.64 Å². The molecule has 0 aliphatic heterocycles. The maximum atomic E-state index is 12.8. The first-order valence-electron chi connectivity index (χ1n) is 8.58. The number of amides is 1. The van der Waals surface area contributed by atoms with Crippen molar-refractivity contribution in [3.8, 4) is 0 Å². The number of anilines is 1. The first kappa shape index (κ1) is 21.8. The number of esters is 1. The molecule has 0 N–H and O–H groups in total. The highest BCUT2D eigenvalue weighted by Gasteiger charge is 2.34. The predicted octanol–water partition coefficient (Wildman–Crippen LogP) is 3.49. The topological polar surface area (TPSA) is 49.9 Å². The van der Waals surface area contributed by atoms with Crippen LogP contribution in [0.2, 0.25) is 0 Å². The Labute approximate surface area is 151 Å². The average Bonchev–Trinajstić information content (AvgIpc) is 2.57. The Bertz CT molecular complexity index is 588. The zero-order valence-electron chi connectivity index (χ0n) is 15.3. The van der Waals surface area contributed by atoms with Gasteiger partial charge in [0.15, 0.2) is 0 Å². The van der Waals surface area contributed by atoms with E-state index < -0.39 is 31.1 Å². The number of halogens is 3. The van der Waals surface area contributed by atoms with E-state index in [0.29, 0.717) is 4.90 Å². The number of carbonyl (C=O) groups is 2. The van der Waals surface area contributed by atoms with Crippen molar-refractivity contribution in [1.82, 2.24) is 4.90 Å². The molecule has 0 heterocycles. The van der Waals surface area contributed by atoms with E-state index in [0.717, 1.165) is 25.2 Å². The average molecular weight is 374 g/mol. The van der Waals surface area contributed by atoms with Crippen LogP contribution < -0.4 is 4.90 Å². The van der Waals surface area contributed by atoms with E-state index in [-0.39, 0.29) is 12.2 Å². The lowest BCUT2D eigenvalue weighted by Gasteiger charge is -2.24. The monoisotopic (exact) mass is 374 g/mol. The van der Waals surface area contributed by atoms with Crippen LogP contribution in [0.4, 0.5) is 18.9 Å². The fourth-order valence-corrected chi connectivity index (χ4v) is 2.52. The first-order chi connectivity index (χ1) is 12.2. The molecule has 0 spiro atoms. The fourth-order valence-electron chi connectivity index (χ4n) is 2.52. The zero-order chi connectivity index (χ0) is 19.7. The number of benzene rings is 1. The number of alkyl halides is 3. The van der Waals surface area contributed by atoms with Crippen LogP contribution in [0, 0.1) is 0 Å². The summed E-state index contributed by atoms with van der Waals surface area (Å²) in [4.78, 5) is 26.5. The van der Waals surface area contributed by atoms with E-state index in [9.17, 15) is 22.8 Å². The lowest BCUT2D eigenvalue weighted by Crippen LogP contribution is -2.42. The van der Waals surface area contributed by atoms with Gasteiger partial charge in [0.2, 0.25) is 0 Å². The van der Waals surface area contributed by atoms with Crippen LogP contribution in [-0.4, -0.2) is 55.7 Å². The van der Waals surface area contributed by atoms with Crippen molar-refractivity contribution in [2.75, 3.05) is 37.7 Å². The molecule has 1 rings (SSSR count). The number of carbonyl (C=O) groups excluding carboxylic acids is 2. The third kappa shape index (κ3) is 6.93. The normalized spacial score (nSPS) is 11.2. The zero-order valence-corrected chi connectivity index (χ0v) is 15.3. The van der Waals surface area contributed by atoms with Crippen LogP contribution >= 0.6 is 0 Å². The van der Waals surface area contributed by atoms with Crippen molar-refractivity contribution >= 4 is 17.6 Å². The summed E-state index contributed by atoms with van der Waals surface area (Å²) in [6, 6.07) is 6.35. The molecule has 0 saturated carbocycles. The van der Waals surface area contributed by atoms with Gasteiger partial charge in [-0.05, 0) is 44.5 Å². The van der Waals surface area contributed by atoms with Crippen LogP contribution in [0.1, 0.15) is 37.6 Å². The highest BCUT2D eigenvalue weighted by molar-refractivity contribution is 5.96. The van der Waals surface area contributed by atoms with E-state index in [1.165, 1.54) is 12.1 Å². The van der Waals surface area contributed by atoms with Gasteiger partial charge in [-0.1, -0.05) is 6.92 Å². The molecule has 0 aromatic heterocycles. The Morgan fingerprint density at radius 3 is 2.15 bits per heavy atom. The van der Waals surface area contributed by atoms with Crippen LogP contribution in [-0.2, 0) is 9.53 Å². The summed E-state index contributed by atoms with van der Waals surface area (Å²) in [5.41, 5.74) is 0.980. The summed E-state index contributed by atoms with van der Waals surface area (Å²) < 4.78 is 43.0. The highest BCUT2D eigenvalue weighted by Crippen LogP contribution is 2.20. The number of nitrogens with zero attached hydrogens (tertiary/aromatic N) is 2. The molecule has 5 nitrogen and oxygen atoms in total. The van der Waals surface area contributed by atoms with Gasteiger partial charge in [-0.2, -0.15) is 13.2 Å². The van der Waals surface area contributed by atoms with Crippen LogP contribution in [0.25, 0.3) is 0 Å². The molecule has 0 unspecified atom stereocenters. The van der Waals surface area contributed by atoms with E-state index in [1.54, 1.807) is 19.1 Å². The van der Waals surface area contributed by atoms with Gasteiger partial charge >= 0.3 is 12.1 Å². The molecule has 0 aliphatic carbocycles. The standard InChI is InChI=1S/C18H25F3N2O3/c1-4-11-22(5-2)15-9-7-14(8-10-15)17(25)23(13-18(19,20)21)12-16(24)26-6-3/h7-10H,4-6,11-13H2,1-3H3. The summed E-state index contributed by atoms with van der Waals surface area (Å²) in [6.07, 6.45) is -3.66. The molecule has 0 atom stereocenters. The Morgan fingerprint density at radius 2 is 1.69 bits per heavy atom. The summed E-state index contributed by atoms with van der Waals surface area (Å²) in [5, 5.41) is 0. The smallest absolute Gasteiger partial charge is 0.406 e. The van der Waals surface area contributed by atoms with Gasteiger partial charge in [0.05, 0.1) is 6.61 Å². The molecule has 1 amide bonds. The third-order valence-corrected chi connectivity index (χ3v) is 3.64. The number of ether oxygens (including phenoxy) is 1. The molecule has 0 radical (unpaired) electrons. The second-order valence-corrected chi connectivity index (χ2v) is 5.71. The molecular weight excluding hydrogens is 349 g/mol. The summed E-state index contributed by atoms with van der Waals surface area (Å²) in [7, 11) is 0. The number of hydrogen-bond donors (Lipinski definition) is 0. The van der Waals surface area contributed by atoms with Crippen molar-refractivity contribution < 1.29 is 27.5 Å². The largest absolute Gasteiger partial charge is 0.465 e. The van der Waals surface area contributed by atoms with Gasteiger partial charge in [0.25, 0.3) is 5.91 Å². The molecule has 0 fully saturated rings. The summed E-state index contributed by atoms with van der Waals surface area (Å²) in [6.45, 7) is 4.99. The minimum atomic E-state index is -4.61. The minimum absolute atomic E-state index is 0.0336. The molecule has 8 heteroatoms. The molecule has 1 aromatic rings. The molecule has 146 valence electrons. The fraction of sp³-hybridized carbons (Fsp3) is 0.556. The van der Waals surface area contributed by atoms with Crippen molar-refractivity contribution in [3.05, 3.63) is 29.8 Å². The lowest BCUT2D eigenvalue weighted by atomic mass is 10.1. The Kier molecular flexibility index (Phi) is 8.41. The predicted molar refractivity (Wildman–Crippen MR) is 93.2 cm³/mol. The Hall–Kier alpha value is -2.25. The summed E-state index contributed by atoms with van der Waals surface area (Å²) >= 11 is 0. The minimum Gasteiger partial charge on any atom is -0.465 e. The third-order valence-electron chi connectivity index (χ3n) is 3.64. The van der Waals surface area contributed by atoms with Crippen LogP contribution in [0.3, 0.4) is 0 Å².